The number of aromatic nitrogens is 1. The topological polar surface area (TPSA) is 67.6 Å². The van der Waals surface area contributed by atoms with Gasteiger partial charge in [-0.25, -0.2) is 0 Å². The minimum atomic E-state index is -0.301. The molecule has 0 saturated carbocycles. The molecule has 0 radical (unpaired) electrons. The van der Waals surface area contributed by atoms with Crippen molar-refractivity contribution < 1.29 is 14.1 Å². The van der Waals surface area contributed by atoms with E-state index in [1.807, 2.05) is 12.1 Å². The highest BCUT2D eigenvalue weighted by Crippen LogP contribution is 2.24. The molecule has 0 bridgehead atoms. The van der Waals surface area contributed by atoms with Gasteiger partial charge >= 0.3 is 0 Å². The van der Waals surface area contributed by atoms with Crippen LogP contribution in [0, 0.1) is 0 Å². The van der Waals surface area contributed by atoms with E-state index in [-0.39, 0.29) is 12.0 Å². The summed E-state index contributed by atoms with van der Waals surface area (Å²) in [5.41, 5.74) is 4.40. The average molecular weight is 327 g/mol. The lowest BCUT2D eigenvalue weighted by Crippen LogP contribution is -2.30. The van der Waals surface area contributed by atoms with Crippen molar-refractivity contribution in [2.75, 3.05) is 18.5 Å². The van der Waals surface area contributed by atoms with Crippen LogP contribution in [0.2, 0.25) is 0 Å². The van der Waals surface area contributed by atoms with Gasteiger partial charge in [-0.3, -0.25) is 9.69 Å². The van der Waals surface area contributed by atoms with Crippen molar-refractivity contribution in [3.63, 3.8) is 0 Å². The van der Waals surface area contributed by atoms with Gasteiger partial charge in [0.25, 0.3) is 5.91 Å². The third kappa shape index (κ3) is 3.34. The normalized spacial score (nSPS) is 20.8. The number of rotatable bonds is 4. The Labute approximate surface area is 140 Å². The molecule has 24 heavy (non-hydrogen) atoms. The molecule has 1 fully saturated rings. The standard InChI is InChI=1S/C18H21N3O3/c22-18(17-2-1-8-23-17)19-15-4-3-13-5-7-21(11-14(13)10-15)12-16-6-9-24-20-16/h3-4,6,9-10,17H,1-2,5,7-8,11-12H2,(H,19,22). The molecule has 0 spiro atoms. The fourth-order valence-corrected chi connectivity index (χ4v) is 3.38. The number of fused-ring (bicyclic) bond motifs is 1. The molecule has 2 aliphatic heterocycles. The number of nitrogens with one attached hydrogen (secondary N) is 1. The van der Waals surface area contributed by atoms with E-state index < -0.39 is 0 Å². The zero-order valence-electron chi connectivity index (χ0n) is 13.5. The fraction of sp³-hybridized carbons (Fsp3) is 0.444. The zero-order valence-corrected chi connectivity index (χ0v) is 13.5. The van der Waals surface area contributed by atoms with E-state index in [0.717, 1.165) is 50.3 Å². The maximum absolute atomic E-state index is 12.2. The molecule has 1 aromatic carbocycles. The van der Waals surface area contributed by atoms with E-state index >= 15 is 0 Å². The molecule has 1 amide bonds. The van der Waals surface area contributed by atoms with Gasteiger partial charge in [0.2, 0.25) is 0 Å². The highest BCUT2D eigenvalue weighted by atomic mass is 16.5. The SMILES string of the molecule is O=C(Nc1ccc2c(c1)CN(Cc1ccon1)CC2)C1CCCO1. The van der Waals surface area contributed by atoms with E-state index in [1.54, 1.807) is 6.26 Å². The van der Waals surface area contributed by atoms with Crippen molar-refractivity contribution in [2.24, 2.45) is 0 Å². The molecule has 1 atom stereocenters. The number of carbonyl (C=O) groups excluding carboxylic acids is 1. The molecule has 4 rings (SSSR count). The van der Waals surface area contributed by atoms with Crippen molar-refractivity contribution in [3.8, 4) is 0 Å². The van der Waals surface area contributed by atoms with Gasteiger partial charge in [0.15, 0.2) is 0 Å². The number of anilines is 1. The van der Waals surface area contributed by atoms with Gasteiger partial charge in [0.1, 0.15) is 12.4 Å². The Morgan fingerprint density at radius 3 is 3.08 bits per heavy atom. The second-order valence-corrected chi connectivity index (χ2v) is 6.43. The number of benzene rings is 1. The number of amides is 1. The Bertz CT molecular complexity index is 708. The lowest BCUT2D eigenvalue weighted by molar-refractivity contribution is -0.124. The van der Waals surface area contributed by atoms with Crippen LogP contribution < -0.4 is 5.32 Å². The van der Waals surface area contributed by atoms with Gasteiger partial charge in [-0.05, 0) is 42.5 Å². The Morgan fingerprint density at radius 1 is 1.33 bits per heavy atom. The van der Waals surface area contributed by atoms with Crippen LogP contribution in [-0.4, -0.2) is 35.2 Å². The molecule has 6 nitrogen and oxygen atoms in total. The van der Waals surface area contributed by atoms with Crippen molar-refractivity contribution >= 4 is 11.6 Å². The third-order valence-corrected chi connectivity index (χ3v) is 4.66. The molecule has 1 unspecified atom stereocenters. The minimum Gasteiger partial charge on any atom is -0.368 e. The average Bonchev–Trinajstić information content (AvgIpc) is 3.28. The van der Waals surface area contributed by atoms with Crippen molar-refractivity contribution in [1.29, 1.82) is 0 Å². The maximum atomic E-state index is 12.2. The second kappa shape index (κ2) is 6.75. The van der Waals surface area contributed by atoms with Crippen molar-refractivity contribution in [1.82, 2.24) is 10.1 Å². The van der Waals surface area contributed by atoms with Crippen LogP contribution in [0.25, 0.3) is 0 Å². The summed E-state index contributed by atoms with van der Waals surface area (Å²) in [5.74, 6) is -0.0392. The Hall–Kier alpha value is -2.18. The summed E-state index contributed by atoms with van der Waals surface area (Å²) in [6.45, 7) is 3.31. The van der Waals surface area contributed by atoms with Crippen LogP contribution in [0.15, 0.2) is 35.1 Å². The van der Waals surface area contributed by atoms with E-state index in [1.165, 1.54) is 11.1 Å². The third-order valence-electron chi connectivity index (χ3n) is 4.66. The quantitative estimate of drug-likeness (QED) is 0.933. The lowest BCUT2D eigenvalue weighted by Gasteiger charge is -2.28. The predicted molar refractivity (Wildman–Crippen MR) is 88.4 cm³/mol. The van der Waals surface area contributed by atoms with Gasteiger partial charge in [-0.1, -0.05) is 11.2 Å². The van der Waals surface area contributed by atoms with Gasteiger partial charge in [-0.2, -0.15) is 0 Å². The molecule has 0 aliphatic carbocycles. The largest absolute Gasteiger partial charge is 0.368 e. The number of hydrogen-bond donors (Lipinski definition) is 1. The molecule has 2 aliphatic rings. The Kier molecular flexibility index (Phi) is 4.32. The van der Waals surface area contributed by atoms with E-state index in [9.17, 15) is 4.79 Å². The van der Waals surface area contributed by atoms with Gasteiger partial charge in [0, 0.05) is 38.0 Å². The van der Waals surface area contributed by atoms with Crippen LogP contribution in [-0.2, 0) is 29.0 Å². The Morgan fingerprint density at radius 2 is 2.29 bits per heavy atom. The molecule has 1 aromatic heterocycles. The summed E-state index contributed by atoms with van der Waals surface area (Å²) >= 11 is 0. The molecular formula is C18H21N3O3. The first-order chi connectivity index (χ1) is 11.8. The smallest absolute Gasteiger partial charge is 0.253 e. The number of hydrogen-bond acceptors (Lipinski definition) is 5. The first-order valence-electron chi connectivity index (χ1n) is 8.44. The van der Waals surface area contributed by atoms with Crippen LogP contribution in [0.3, 0.4) is 0 Å². The van der Waals surface area contributed by atoms with Crippen LogP contribution >= 0.6 is 0 Å². The first-order valence-corrected chi connectivity index (χ1v) is 8.44. The van der Waals surface area contributed by atoms with E-state index in [2.05, 4.69) is 27.5 Å². The highest BCUT2D eigenvalue weighted by Gasteiger charge is 2.24. The molecule has 1 saturated heterocycles. The predicted octanol–water partition coefficient (Wildman–Crippen LogP) is 2.35. The lowest BCUT2D eigenvalue weighted by atomic mass is 9.99. The molecule has 126 valence electrons. The summed E-state index contributed by atoms with van der Waals surface area (Å²) in [5, 5.41) is 6.96. The highest BCUT2D eigenvalue weighted by molar-refractivity contribution is 5.94. The van der Waals surface area contributed by atoms with Gasteiger partial charge in [0.05, 0.1) is 5.69 Å². The number of nitrogens with zero attached hydrogens (tertiary/aromatic N) is 2. The first kappa shape index (κ1) is 15.4. The molecule has 2 aromatic rings. The maximum Gasteiger partial charge on any atom is 0.253 e. The Balaban J connectivity index is 1.43. The monoisotopic (exact) mass is 327 g/mol. The summed E-state index contributed by atoms with van der Waals surface area (Å²) < 4.78 is 10.3. The zero-order chi connectivity index (χ0) is 16.4. The summed E-state index contributed by atoms with van der Waals surface area (Å²) in [4.78, 5) is 14.5. The molecule has 3 heterocycles. The number of ether oxygens (including phenoxy) is 1. The molecule has 1 N–H and O–H groups in total. The van der Waals surface area contributed by atoms with Crippen LogP contribution in [0.1, 0.15) is 29.7 Å². The van der Waals surface area contributed by atoms with Crippen molar-refractivity contribution in [3.05, 3.63) is 47.3 Å². The summed E-state index contributed by atoms with van der Waals surface area (Å²) in [7, 11) is 0. The van der Waals surface area contributed by atoms with Gasteiger partial charge in [-0.15, -0.1) is 0 Å². The second-order valence-electron chi connectivity index (χ2n) is 6.43. The van der Waals surface area contributed by atoms with Crippen molar-refractivity contribution in [2.45, 2.75) is 38.5 Å². The van der Waals surface area contributed by atoms with E-state index in [4.69, 9.17) is 9.26 Å². The van der Waals surface area contributed by atoms with Crippen LogP contribution in [0.5, 0.6) is 0 Å². The molecule has 6 heteroatoms. The van der Waals surface area contributed by atoms with Gasteiger partial charge < -0.3 is 14.6 Å². The number of carbonyl (C=O) groups is 1. The molecular weight excluding hydrogens is 306 g/mol. The summed E-state index contributed by atoms with van der Waals surface area (Å²) in [6.07, 6.45) is 4.07. The van der Waals surface area contributed by atoms with E-state index in [0.29, 0.717) is 6.61 Å². The minimum absolute atomic E-state index is 0.0392. The van der Waals surface area contributed by atoms with Crippen LogP contribution in [0.4, 0.5) is 5.69 Å². The fourth-order valence-electron chi connectivity index (χ4n) is 3.38. The summed E-state index contributed by atoms with van der Waals surface area (Å²) in [6, 6.07) is 8.08.